The van der Waals surface area contributed by atoms with Crippen LogP contribution in [0.25, 0.3) is 10.8 Å². The van der Waals surface area contributed by atoms with Gasteiger partial charge in [-0.15, -0.1) is 0 Å². The molecule has 0 nitrogen and oxygen atoms in total. The van der Waals surface area contributed by atoms with Crippen LogP contribution in [0.3, 0.4) is 0 Å². The van der Waals surface area contributed by atoms with Gasteiger partial charge in [-0.3, -0.25) is 0 Å². The Morgan fingerprint density at radius 2 is 1.88 bits per heavy atom. The molecule has 2 aromatic rings. The van der Waals surface area contributed by atoms with Gasteiger partial charge in [0, 0.05) is 0 Å². The summed E-state index contributed by atoms with van der Waals surface area (Å²) in [6.45, 7) is 6.81. The zero-order chi connectivity index (χ0) is 12.3. The highest BCUT2D eigenvalue weighted by Gasteiger charge is 2.05. The summed E-state index contributed by atoms with van der Waals surface area (Å²) in [4.78, 5) is 0. The minimum absolute atomic E-state index is 0.770. The number of rotatable bonds is 4. The SMILES string of the molecule is CCc1ccc2c(CC(C)CC)cccc2c1. The topological polar surface area (TPSA) is 0 Å². The first-order valence-electron chi connectivity index (χ1n) is 6.75. The van der Waals surface area contributed by atoms with E-state index in [2.05, 4.69) is 57.2 Å². The third-order valence-corrected chi connectivity index (χ3v) is 3.71. The van der Waals surface area contributed by atoms with Gasteiger partial charge in [0.25, 0.3) is 0 Å². The number of aryl methyl sites for hydroxylation is 1. The standard InChI is InChI=1S/C17H22/c1-4-13(3)11-15-7-6-8-16-12-14(5-2)9-10-17(15)16/h6-10,12-13H,4-5,11H2,1-3H3. The van der Waals surface area contributed by atoms with Crippen LogP contribution in [0, 0.1) is 5.92 Å². The van der Waals surface area contributed by atoms with Crippen molar-refractivity contribution >= 4 is 10.8 Å². The first-order chi connectivity index (χ1) is 8.24. The average Bonchev–Trinajstić information content (AvgIpc) is 2.38. The zero-order valence-electron chi connectivity index (χ0n) is 11.2. The second kappa shape index (κ2) is 5.35. The molecule has 0 saturated heterocycles. The van der Waals surface area contributed by atoms with Crippen LogP contribution in [0.4, 0.5) is 0 Å². The van der Waals surface area contributed by atoms with Crippen LogP contribution in [0.1, 0.15) is 38.3 Å². The third-order valence-electron chi connectivity index (χ3n) is 3.71. The monoisotopic (exact) mass is 226 g/mol. The van der Waals surface area contributed by atoms with E-state index in [1.807, 2.05) is 0 Å². The minimum Gasteiger partial charge on any atom is -0.0651 e. The number of hydrogen-bond donors (Lipinski definition) is 0. The Morgan fingerprint density at radius 3 is 2.59 bits per heavy atom. The van der Waals surface area contributed by atoms with Crippen molar-refractivity contribution in [2.45, 2.75) is 40.0 Å². The van der Waals surface area contributed by atoms with Gasteiger partial charge < -0.3 is 0 Å². The third kappa shape index (κ3) is 2.69. The van der Waals surface area contributed by atoms with E-state index in [0.29, 0.717) is 0 Å². The summed E-state index contributed by atoms with van der Waals surface area (Å²) in [6, 6.07) is 13.6. The molecule has 0 heteroatoms. The molecule has 17 heavy (non-hydrogen) atoms. The van der Waals surface area contributed by atoms with E-state index < -0.39 is 0 Å². The van der Waals surface area contributed by atoms with Gasteiger partial charge in [0.1, 0.15) is 0 Å². The molecule has 0 aliphatic rings. The highest BCUT2D eigenvalue weighted by Crippen LogP contribution is 2.23. The molecule has 1 atom stereocenters. The lowest BCUT2D eigenvalue weighted by atomic mass is 9.93. The van der Waals surface area contributed by atoms with Gasteiger partial charge in [0.2, 0.25) is 0 Å². The van der Waals surface area contributed by atoms with Crippen LogP contribution >= 0.6 is 0 Å². The molecule has 0 aliphatic heterocycles. The lowest BCUT2D eigenvalue weighted by Gasteiger charge is -2.12. The smallest absolute Gasteiger partial charge is 0.0152 e. The molecule has 0 amide bonds. The first kappa shape index (κ1) is 12.2. The normalized spacial score (nSPS) is 12.9. The summed E-state index contributed by atoms with van der Waals surface area (Å²) < 4.78 is 0. The van der Waals surface area contributed by atoms with Gasteiger partial charge >= 0.3 is 0 Å². The lowest BCUT2D eigenvalue weighted by Crippen LogP contribution is -1.98. The molecule has 2 aromatic carbocycles. The molecule has 0 radical (unpaired) electrons. The molecule has 0 fully saturated rings. The fourth-order valence-electron chi connectivity index (χ4n) is 2.32. The van der Waals surface area contributed by atoms with Crippen molar-refractivity contribution in [3.8, 4) is 0 Å². The van der Waals surface area contributed by atoms with Crippen LogP contribution in [0.2, 0.25) is 0 Å². The Bertz CT molecular complexity index is 496. The lowest BCUT2D eigenvalue weighted by molar-refractivity contribution is 0.562. The van der Waals surface area contributed by atoms with E-state index in [1.54, 1.807) is 0 Å². The van der Waals surface area contributed by atoms with Crippen molar-refractivity contribution in [2.75, 3.05) is 0 Å². The second-order valence-corrected chi connectivity index (χ2v) is 5.04. The largest absolute Gasteiger partial charge is 0.0651 e. The van der Waals surface area contributed by atoms with Crippen LogP contribution in [-0.4, -0.2) is 0 Å². The van der Waals surface area contributed by atoms with E-state index in [-0.39, 0.29) is 0 Å². The molecule has 0 saturated carbocycles. The minimum atomic E-state index is 0.770. The van der Waals surface area contributed by atoms with Gasteiger partial charge in [-0.05, 0) is 40.7 Å². The number of fused-ring (bicyclic) bond motifs is 1. The molecule has 0 aliphatic carbocycles. The van der Waals surface area contributed by atoms with E-state index in [9.17, 15) is 0 Å². The van der Waals surface area contributed by atoms with Gasteiger partial charge in [-0.2, -0.15) is 0 Å². The van der Waals surface area contributed by atoms with Crippen molar-refractivity contribution in [3.05, 3.63) is 47.5 Å². The first-order valence-corrected chi connectivity index (χ1v) is 6.75. The highest BCUT2D eigenvalue weighted by atomic mass is 14.1. The summed E-state index contributed by atoms with van der Waals surface area (Å²) in [7, 11) is 0. The molecule has 90 valence electrons. The fraction of sp³-hybridized carbons (Fsp3) is 0.412. The van der Waals surface area contributed by atoms with Crippen LogP contribution in [-0.2, 0) is 12.8 Å². The average molecular weight is 226 g/mol. The van der Waals surface area contributed by atoms with E-state index >= 15 is 0 Å². The van der Waals surface area contributed by atoms with Gasteiger partial charge in [-0.1, -0.05) is 63.6 Å². The molecular weight excluding hydrogens is 204 g/mol. The van der Waals surface area contributed by atoms with Gasteiger partial charge in [0.05, 0.1) is 0 Å². The quantitative estimate of drug-likeness (QED) is 0.689. The van der Waals surface area contributed by atoms with Gasteiger partial charge in [0.15, 0.2) is 0 Å². The van der Waals surface area contributed by atoms with Crippen molar-refractivity contribution in [2.24, 2.45) is 5.92 Å². The molecule has 2 rings (SSSR count). The Hall–Kier alpha value is -1.30. The van der Waals surface area contributed by atoms with Crippen LogP contribution < -0.4 is 0 Å². The van der Waals surface area contributed by atoms with Crippen LogP contribution in [0.5, 0.6) is 0 Å². The Labute approximate surface area is 105 Å². The Morgan fingerprint density at radius 1 is 1.06 bits per heavy atom. The molecule has 0 spiro atoms. The maximum Gasteiger partial charge on any atom is -0.0152 e. The summed E-state index contributed by atoms with van der Waals surface area (Å²) >= 11 is 0. The molecule has 1 unspecified atom stereocenters. The van der Waals surface area contributed by atoms with Crippen LogP contribution in [0.15, 0.2) is 36.4 Å². The molecule has 0 bridgehead atoms. The summed E-state index contributed by atoms with van der Waals surface area (Å²) in [5, 5.41) is 2.83. The number of hydrogen-bond acceptors (Lipinski definition) is 0. The summed E-state index contributed by atoms with van der Waals surface area (Å²) in [6.07, 6.45) is 3.56. The fourth-order valence-corrected chi connectivity index (χ4v) is 2.32. The van der Waals surface area contributed by atoms with Crippen molar-refractivity contribution in [3.63, 3.8) is 0 Å². The Balaban J connectivity index is 2.43. The predicted molar refractivity (Wildman–Crippen MR) is 76.5 cm³/mol. The van der Waals surface area contributed by atoms with Crippen molar-refractivity contribution < 1.29 is 0 Å². The van der Waals surface area contributed by atoms with Gasteiger partial charge in [-0.25, -0.2) is 0 Å². The van der Waals surface area contributed by atoms with Crippen molar-refractivity contribution in [1.29, 1.82) is 0 Å². The Kier molecular flexibility index (Phi) is 3.83. The molecule has 0 aromatic heterocycles. The summed E-state index contributed by atoms with van der Waals surface area (Å²) in [5.74, 6) is 0.770. The second-order valence-electron chi connectivity index (χ2n) is 5.04. The maximum absolute atomic E-state index is 2.33. The summed E-state index contributed by atoms with van der Waals surface area (Å²) in [5.41, 5.74) is 2.93. The zero-order valence-corrected chi connectivity index (χ0v) is 11.2. The highest BCUT2D eigenvalue weighted by molar-refractivity contribution is 5.86. The predicted octanol–water partition coefficient (Wildman–Crippen LogP) is 4.99. The van der Waals surface area contributed by atoms with E-state index in [0.717, 1.165) is 12.3 Å². The molecule has 0 heterocycles. The molecular formula is C17H22. The maximum atomic E-state index is 2.33. The van der Waals surface area contributed by atoms with Crippen molar-refractivity contribution in [1.82, 2.24) is 0 Å². The molecule has 0 N–H and O–H groups in total. The van der Waals surface area contributed by atoms with E-state index in [4.69, 9.17) is 0 Å². The van der Waals surface area contributed by atoms with E-state index in [1.165, 1.54) is 34.7 Å². The number of benzene rings is 2.